The number of amides is 2. The molecule has 0 saturated heterocycles. The summed E-state index contributed by atoms with van der Waals surface area (Å²) in [6, 6.07) is 2.29. The molecule has 0 aliphatic heterocycles. The van der Waals surface area contributed by atoms with Crippen LogP contribution in [0.2, 0.25) is 0 Å². The van der Waals surface area contributed by atoms with Crippen molar-refractivity contribution in [2.45, 2.75) is 19.9 Å². The summed E-state index contributed by atoms with van der Waals surface area (Å²) >= 11 is 0. The minimum atomic E-state index is -1.10. The Morgan fingerprint density at radius 1 is 1.18 bits per heavy atom. The molecule has 0 aromatic heterocycles. The van der Waals surface area contributed by atoms with E-state index in [0.29, 0.717) is 6.07 Å². The first-order valence-electron chi connectivity index (χ1n) is 6.48. The lowest BCUT2D eigenvalue weighted by Crippen LogP contribution is -2.41. The zero-order valence-corrected chi connectivity index (χ0v) is 12.1. The van der Waals surface area contributed by atoms with Crippen molar-refractivity contribution in [2.75, 3.05) is 13.2 Å². The van der Waals surface area contributed by atoms with Crippen LogP contribution in [-0.2, 0) is 14.3 Å². The third-order valence-electron chi connectivity index (χ3n) is 2.38. The molecule has 120 valence electrons. The van der Waals surface area contributed by atoms with Crippen LogP contribution in [0.4, 0.5) is 8.78 Å². The number of hydrogen-bond donors (Lipinski definition) is 2. The van der Waals surface area contributed by atoms with Crippen LogP contribution in [0, 0.1) is 11.6 Å². The van der Waals surface area contributed by atoms with Crippen LogP contribution in [0.5, 0.6) is 0 Å². The first-order chi connectivity index (χ1) is 10.3. The highest BCUT2D eigenvalue weighted by atomic mass is 19.1. The molecular formula is C14H16F2N2O4. The van der Waals surface area contributed by atoms with Gasteiger partial charge < -0.3 is 15.4 Å². The van der Waals surface area contributed by atoms with Gasteiger partial charge >= 0.3 is 5.97 Å². The summed E-state index contributed by atoms with van der Waals surface area (Å²) in [7, 11) is 0. The maximum Gasteiger partial charge on any atom is 0.341 e. The van der Waals surface area contributed by atoms with Gasteiger partial charge in [0.2, 0.25) is 5.91 Å². The van der Waals surface area contributed by atoms with Crippen LogP contribution in [0.15, 0.2) is 18.2 Å². The number of nitrogens with one attached hydrogen (secondary N) is 2. The Labute approximate surface area is 125 Å². The molecule has 8 heteroatoms. The van der Waals surface area contributed by atoms with Crippen LogP contribution in [0.1, 0.15) is 24.2 Å². The van der Waals surface area contributed by atoms with Crippen molar-refractivity contribution in [2.24, 2.45) is 0 Å². The van der Waals surface area contributed by atoms with E-state index in [0.717, 1.165) is 12.1 Å². The highest BCUT2D eigenvalue weighted by Crippen LogP contribution is 2.10. The van der Waals surface area contributed by atoms with E-state index >= 15 is 0 Å². The maximum atomic E-state index is 13.3. The van der Waals surface area contributed by atoms with Crippen LogP contribution in [-0.4, -0.2) is 37.0 Å². The van der Waals surface area contributed by atoms with Gasteiger partial charge in [0.25, 0.3) is 5.91 Å². The van der Waals surface area contributed by atoms with Gasteiger partial charge in [0.15, 0.2) is 6.61 Å². The Morgan fingerprint density at radius 2 is 1.86 bits per heavy atom. The van der Waals surface area contributed by atoms with Crippen molar-refractivity contribution in [3.05, 3.63) is 35.4 Å². The van der Waals surface area contributed by atoms with E-state index in [-0.39, 0.29) is 18.5 Å². The molecule has 0 heterocycles. The SMILES string of the molecule is CC(C)NC(=O)CNC(=O)COC(=O)c1ccc(F)cc1F. The number of ether oxygens (including phenoxy) is 1. The molecule has 0 fully saturated rings. The molecule has 0 aliphatic rings. The van der Waals surface area contributed by atoms with Crippen molar-refractivity contribution < 1.29 is 27.9 Å². The van der Waals surface area contributed by atoms with E-state index in [2.05, 4.69) is 15.4 Å². The average Bonchev–Trinajstić information content (AvgIpc) is 2.41. The van der Waals surface area contributed by atoms with Crippen molar-refractivity contribution in [3.63, 3.8) is 0 Å². The van der Waals surface area contributed by atoms with E-state index in [1.54, 1.807) is 13.8 Å². The van der Waals surface area contributed by atoms with E-state index in [1.807, 2.05) is 0 Å². The number of rotatable bonds is 6. The number of esters is 1. The minimum absolute atomic E-state index is 0.0660. The molecule has 0 radical (unpaired) electrons. The van der Waals surface area contributed by atoms with Gasteiger partial charge in [-0.25, -0.2) is 13.6 Å². The second-order valence-corrected chi connectivity index (χ2v) is 4.70. The van der Waals surface area contributed by atoms with Crippen LogP contribution in [0.3, 0.4) is 0 Å². The zero-order chi connectivity index (χ0) is 16.7. The fourth-order valence-corrected chi connectivity index (χ4v) is 1.47. The fourth-order valence-electron chi connectivity index (χ4n) is 1.47. The van der Waals surface area contributed by atoms with Gasteiger partial charge in [0.05, 0.1) is 12.1 Å². The fraction of sp³-hybridized carbons (Fsp3) is 0.357. The molecule has 1 aromatic rings. The first-order valence-corrected chi connectivity index (χ1v) is 6.48. The Morgan fingerprint density at radius 3 is 2.45 bits per heavy atom. The van der Waals surface area contributed by atoms with Crippen molar-refractivity contribution in [3.8, 4) is 0 Å². The summed E-state index contributed by atoms with van der Waals surface area (Å²) in [6.45, 7) is 2.58. The van der Waals surface area contributed by atoms with Crippen molar-refractivity contribution in [1.29, 1.82) is 0 Å². The van der Waals surface area contributed by atoms with Gasteiger partial charge in [0.1, 0.15) is 11.6 Å². The molecule has 0 atom stereocenters. The smallest absolute Gasteiger partial charge is 0.341 e. The number of carbonyl (C=O) groups is 3. The number of carbonyl (C=O) groups excluding carboxylic acids is 3. The van der Waals surface area contributed by atoms with Crippen LogP contribution < -0.4 is 10.6 Å². The van der Waals surface area contributed by atoms with Crippen molar-refractivity contribution in [1.82, 2.24) is 10.6 Å². The lowest BCUT2D eigenvalue weighted by atomic mass is 10.2. The van der Waals surface area contributed by atoms with Gasteiger partial charge in [-0.3, -0.25) is 9.59 Å². The molecule has 0 spiro atoms. The normalized spacial score (nSPS) is 10.2. The highest BCUT2D eigenvalue weighted by molar-refractivity contribution is 5.92. The lowest BCUT2D eigenvalue weighted by Gasteiger charge is -2.09. The second kappa shape index (κ2) is 8.06. The number of benzene rings is 1. The van der Waals surface area contributed by atoms with Gasteiger partial charge in [-0.05, 0) is 26.0 Å². The molecule has 0 saturated carbocycles. The standard InChI is InChI=1S/C14H16F2N2O4/c1-8(2)18-12(19)6-17-13(20)7-22-14(21)10-4-3-9(15)5-11(10)16/h3-5,8H,6-7H2,1-2H3,(H,17,20)(H,18,19). The molecule has 1 rings (SSSR count). The summed E-state index contributed by atoms with van der Waals surface area (Å²) < 4.78 is 30.6. The Hall–Kier alpha value is -2.51. The van der Waals surface area contributed by atoms with Gasteiger partial charge in [-0.1, -0.05) is 0 Å². The van der Waals surface area contributed by atoms with E-state index in [1.165, 1.54) is 0 Å². The highest BCUT2D eigenvalue weighted by Gasteiger charge is 2.15. The quantitative estimate of drug-likeness (QED) is 0.759. The molecule has 1 aromatic carbocycles. The van der Waals surface area contributed by atoms with E-state index in [4.69, 9.17) is 0 Å². The van der Waals surface area contributed by atoms with E-state index < -0.39 is 35.7 Å². The zero-order valence-electron chi connectivity index (χ0n) is 12.1. The number of halogens is 2. The molecule has 6 nitrogen and oxygen atoms in total. The molecule has 2 amide bonds. The largest absolute Gasteiger partial charge is 0.452 e. The topological polar surface area (TPSA) is 84.5 Å². The molecule has 0 aliphatic carbocycles. The third-order valence-corrected chi connectivity index (χ3v) is 2.38. The average molecular weight is 314 g/mol. The predicted molar refractivity (Wildman–Crippen MR) is 72.9 cm³/mol. The molecule has 0 bridgehead atoms. The summed E-state index contributed by atoms with van der Waals surface area (Å²) in [4.78, 5) is 34.2. The summed E-state index contributed by atoms with van der Waals surface area (Å²) in [5.41, 5.74) is -0.480. The maximum absolute atomic E-state index is 13.3. The van der Waals surface area contributed by atoms with Gasteiger partial charge in [0, 0.05) is 12.1 Å². The summed E-state index contributed by atoms with van der Waals surface area (Å²) in [5, 5.41) is 4.79. The molecular weight excluding hydrogens is 298 g/mol. The summed E-state index contributed by atoms with van der Waals surface area (Å²) in [6.07, 6.45) is 0. The number of hydrogen-bond acceptors (Lipinski definition) is 4. The van der Waals surface area contributed by atoms with Gasteiger partial charge in [-0.15, -0.1) is 0 Å². The first kappa shape index (κ1) is 17.5. The Kier molecular flexibility index (Phi) is 6.43. The second-order valence-electron chi connectivity index (χ2n) is 4.70. The predicted octanol–water partition coefficient (Wildman–Crippen LogP) is 0.762. The van der Waals surface area contributed by atoms with Crippen molar-refractivity contribution >= 4 is 17.8 Å². The molecule has 2 N–H and O–H groups in total. The Balaban J connectivity index is 2.40. The monoisotopic (exact) mass is 314 g/mol. The lowest BCUT2D eigenvalue weighted by molar-refractivity contribution is -0.128. The van der Waals surface area contributed by atoms with E-state index in [9.17, 15) is 23.2 Å². The Bertz CT molecular complexity index is 576. The van der Waals surface area contributed by atoms with Crippen LogP contribution >= 0.6 is 0 Å². The third kappa shape index (κ3) is 5.86. The minimum Gasteiger partial charge on any atom is -0.452 e. The van der Waals surface area contributed by atoms with Crippen LogP contribution in [0.25, 0.3) is 0 Å². The summed E-state index contributed by atoms with van der Waals surface area (Å²) in [5.74, 6) is -4.11. The van der Waals surface area contributed by atoms with Gasteiger partial charge in [-0.2, -0.15) is 0 Å². The molecule has 22 heavy (non-hydrogen) atoms. The molecule has 0 unspecified atom stereocenters.